The summed E-state index contributed by atoms with van der Waals surface area (Å²) < 4.78 is 19.1. The van der Waals surface area contributed by atoms with E-state index in [0.29, 0.717) is 17.1 Å². The summed E-state index contributed by atoms with van der Waals surface area (Å²) in [5.41, 5.74) is 11.2. The summed E-state index contributed by atoms with van der Waals surface area (Å²) in [6.45, 7) is 1.78. The van der Waals surface area contributed by atoms with E-state index in [2.05, 4.69) is 4.99 Å². The lowest BCUT2D eigenvalue weighted by atomic mass is 9.93. The molecule has 0 bridgehead atoms. The Hall–Kier alpha value is -2.83. The SMILES string of the molecule is CN1C(=O)C[C@@](C)(c2ccc(-c3ccc(F)c(N)c3)o2)N=C1N. The molecule has 0 fully saturated rings. The van der Waals surface area contributed by atoms with Gasteiger partial charge in [0, 0.05) is 12.6 Å². The Kier molecular flexibility index (Phi) is 3.35. The quantitative estimate of drug-likeness (QED) is 0.829. The van der Waals surface area contributed by atoms with Crippen LogP contribution in [0.25, 0.3) is 11.3 Å². The van der Waals surface area contributed by atoms with Gasteiger partial charge in [0.15, 0.2) is 5.96 Å². The number of hydrogen-bond acceptors (Lipinski definition) is 5. The molecule has 4 N–H and O–H groups in total. The molecule has 6 nitrogen and oxygen atoms in total. The van der Waals surface area contributed by atoms with Crippen molar-refractivity contribution in [2.24, 2.45) is 10.7 Å². The zero-order valence-electron chi connectivity index (χ0n) is 12.8. The number of halogens is 1. The van der Waals surface area contributed by atoms with E-state index in [1.807, 2.05) is 0 Å². The zero-order valence-corrected chi connectivity index (χ0v) is 12.8. The van der Waals surface area contributed by atoms with E-state index in [0.717, 1.165) is 0 Å². The van der Waals surface area contributed by atoms with Crippen LogP contribution >= 0.6 is 0 Å². The number of nitrogens with zero attached hydrogens (tertiary/aromatic N) is 2. The minimum atomic E-state index is -0.864. The molecule has 0 unspecified atom stereocenters. The third-order valence-electron chi connectivity index (χ3n) is 3.99. The number of aliphatic imine (C=N–C) groups is 1. The molecule has 1 aromatic carbocycles. The molecule has 1 aliphatic heterocycles. The van der Waals surface area contributed by atoms with Crippen LogP contribution in [0.15, 0.2) is 39.7 Å². The Morgan fingerprint density at radius 3 is 2.70 bits per heavy atom. The highest BCUT2D eigenvalue weighted by Crippen LogP contribution is 2.36. The van der Waals surface area contributed by atoms with Crippen molar-refractivity contribution in [2.75, 3.05) is 12.8 Å². The van der Waals surface area contributed by atoms with Gasteiger partial charge in [0.05, 0.1) is 12.1 Å². The van der Waals surface area contributed by atoms with Gasteiger partial charge in [-0.3, -0.25) is 9.69 Å². The lowest BCUT2D eigenvalue weighted by molar-refractivity contribution is -0.128. The van der Waals surface area contributed by atoms with Gasteiger partial charge in [-0.05, 0) is 37.3 Å². The minimum Gasteiger partial charge on any atom is -0.458 e. The summed E-state index contributed by atoms with van der Waals surface area (Å²) in [5, 5.41) is 0. The summed E-state index contributed by atoms with van der Waals surface area (Å²) in [6.07, 6.45) is 0.155. The minimum absolute atomic E-state index is 0.0448. The molecule has 1 aliphatic rings. The standard InChI is InChI=1S/C16H17FN4O2/c1-16(8-14(22)21(2)15(19)20-16)13-6-5-12(23-13)9-3-4-10(17)11(18)7-9/h3-7H,8,18H2,1-2H3,(H2,19,20)/t16-/m0/s1. The molecule has 0 aliphatic carbocycles. The van der Waals surface area contributed by atoms with Crippen LogP contribution in [0.4, 0.5) is 10.1 Å². The average Bonchev–Trinajstić information content (AvgIpc) is 2.98. The number of benzene rings is 1. The summed E-state index contributed by atoms with van der Waals surface area (Å²) in [5.74, 6) is 0.565. The van der Waals surface area contributed by atoms with Crippen LogP contribution in [0.3, 0.4) is 0 Å². The summed E-state index contributed by atoms with van der Waals surface area (Å²) in [7, 11) is 1.58. The van der Waals surface area contributed by atoms with E-state index in [1.165, 1.54) is 17.0 Å². The molecule has 1 aromatic heterocycles. The van der Waals surface area contributed by atoms with Gasteiger partial charge < -0.3 is 15.9 Å². The maximum absolute atomic E-state index is 13.3. The van der Waals surface area contributed by atoms with E-state index in [4.69, 9.17) is 15.9 Å². The number of furan rings is 1. The van der Waals surface area contributed by atoms with Gasteiger partial charge >= 0.3 is 0 Å². The molecule has 2 aromatic rings. The molecule has 23 heavy (non-hydrogen) atoms. The fourth-order valence-corrected chi connectivity index (χ4v) is 2.53. The topological polar surface area (TPSA) is 97.8 Å². The van der Waals surface area contributed by atoms with Gasteiger partial charge in [-0.25, -0.2) is 9.38 Å². The van der Waals surface area contributed by atoms with Crippen molar-refractivity contribution in [1.29, 1.82) is 0 Å². The fraction of sp³-hybridized carbons (Fsp3) is 0.250. The van der Waals surface area contributed by atoms with Gasteiger partial charge in [0.2, 0.25) is 5.91 Å². The molecular formula is C16H17FN4O2. The number of anilines is 1. The smallest absolute Gasteiger partial charge is 0.231 e. The molecule has 3 rings (SSSR count). The average molecular weight is 316 g/mol. The summed E-state index contributed by atoms with van der Waals surface area (Å²) in [6, 6.07) is 7.83. The van der Waals surface area contributed by atoms with Crippen molar-refractivity contribution >= 4 is 17.6 Å². The lowest BCUT2D eigenvalue weighted by Gasteiger charge is -2.31. The maximum Gasteiger partial charge on any atom is 0.231 e. The second kappa shape index (κ2) is 5.12. The second-order valence-corrected chi connectivity index (χ2v) is 5.77. The molecule has 2 heterocycles. The van der Waals surface area contributed by atoms with Gasteiger partial charge in [-0.2, -0.15) is 0 Å². The summed E-state index contributed by atoms with van der Waals surface area (Å²) >= 11 is 0. The largest absolute Gasteiger partial charge is 0.458 e. The normalized spacial score (nSPS) is 21.4. The van der Waals surface area contributed by atoms with Crippen LogP contribution in [-0.2, 0) is 10.3 Å². The molecule has 0 saturated carbocycles. The fourth-order valence-electron chi connectivity index (χ4n) is 2.53. The van der Waals surface area contributed by atoms with Crippen molar-refractivity contribution in [3.63, 3.8) is 0 Å². The van der Waals surface area contributed by atoms with Crippen LogP contribution in [0, 0.1) is 5.82 Å². The number of amides is 1. The highest BCUT2D eigenvalue weighted by molar-refractivity contribution is 5.98. The van der Waals surface area contributed by atoms with E-state index in [1.54, 1.807) is 32.2 Å². The Morgan fingerprint density at radius 2 is 2.04 bits per heavy atom. The van der Waals surface area contributed by atoms with Crippen molar-refractivity contribution < 1.29 is 13.6 Å². The molecule has 7 heteroatoms. The molecule has 1 atom stereocenters. The lowest BCUT2D eigenvalue weighted by Crippen LogP contribution is -2.47. The highest BCUT2D eigenvalue weighted by atomic mass is 19.1. The molecule has 0 radical (unpaired) electrons. The first-order valence-corrected chi connectivity index (χ1v) is 7.08. The van der Waals surface area contributed by atoms with Crippen molar-refractivity contribution in [3.8, 4) is 11.3 Å². The Balaban J connectivity index is 1.98. The third-order valence-corrected chi connectivity index (χ3v) is 3.99. The van der Waals surface area contributed by atoms with Gasteiger partial charge in [-0.1, -0.05) is 0 Å². The molecule has 120 valence electrons. The zero-order chi connectivity index (χ0) is 16.8. The van der Waals surface area contributed by atoms with Crippen LogP contribution in [0.2, 0.25) is 0 Å². The number of guanidine groups is 1. The van der Waals surface area contributed by atoms with Crippen molar-refractivity contribution in [2.45, 2.75) is 18.9 Å². The first-order chi connectivity index (χ1) is 10.8. The predicted molar refractivity (Wildman–Crippen MR) is 84.9 cm³/mol. The van der Waals surface area contributed by atoms with E-state index in [-0.39, 0.29) is 24.0 Å². The Bertz CT molecular complexity index is 814. The van der Waals surface area contributed by atoms with E-state index in [9.17, 15) is 9.18 Å². The Morgan fingerprint density at radius 1 is 1.30 bits per heavy atom. The molecule has 0 saturated heterocycles. The summed E-state index contributed by atoms with van der Waals surface area (Å²) in [4.78, 5) is 17.7. The maximum atomic E-state index is 13.3. The van der Waals surface area contributed by atoms with E-state index >= 15 is 0 Å². The number of nitrogen functional groups attached to an aromatic ring is 1. The third kappa shape index (κ3) is 2.54. The number of carbonyl (C=O) groups is 1. The van der Waals surface area contributed by atoms with Crippen LogP contribution in [0.5, 0.6) is 0 Å². The second-order valence-electron chi connectivity index (χ2n) is 5.77. The highest BCUT2D eigenvalue weighted by Gasteiger charge is 2.38. The first kappa shape index (κ1) is 15.1. The van der Waals surface area contributed by atoms with Gasteiger partial charge in [-0.15, -0.1) is 0 Å². The van der Waals surface area contributed by atoms with Crippen LogP contribution < -0.4 is 11.5 Å². The van der Waals surface area contributed by atoms with Crippen LogP contribution in [0.1, 0.15) is 19.1 Å². The monoisotopic (exact) mass is 316 g/mol. The molecular weight excluding hydrogens is 299 g/mol. The number of hydrogen-bond donors (Lipinski definition) is 2. The number of nitrogens with two attached hydrogens (primary N) is 2. The van der Waals surface area contributed by atoms with Gasteiger partial charge in [0.25, 0.3) is 0 Å². The molecule has 0 spiro atoms. The van der Waals surface area contributed by atoms with Crippen LogP contribution in [-0.4, -0.2) is 23.8 Å². The van der Waals surface area contributed by atoms with Crippen molar-refractivity contribution in [3.05, 3.63) is 41.9 Å². The Labute approximate surface area is 132 Å². The predicted octanol–water partition coefficient (Wildman–Crippen LogP) is 2.06. The number of rotatable bonds is 2. The first-order valence-electron chi connectivity index (χ1n) is 7.08. The van der Waals surface area contributed by atoms with Crippen molar-refractivity contribution in [1.82, 2.24) is 4.90 Å². The molecule has 1 amide bonds. The van der Waals surface area contributed by atoms with E-state index < -0.39 is 11.4 Å². The number of carbonyl (C=O) groups excluding carboxylic acids is 1. The van der Waals surface area contributed by atoms with Gasteiger partial charge in [0.1, 0.15) is 22.9 Å².